The van der Waals surface area contributed by atoms with Crippen LogP contribution in [0, 0.1) is 11.6 Å². The SMILES string of the molecule is COCc1c(Cl)cc(CN)c(F)c1F. The molecule has 0 aliphatic rings. The summed E-state index contributed by atoms with van der Waals surface area (Å²) in [7, 11) is 1.38. The van der Waals surface area contributed by atoms with Crippen molar-refractivity contribution in [2.75, 3.05) is 7.11 Å². The monoisotopic (exact) mass is 221 g/mol. The Hall–Kier alpha value is -0.710. The van der Waals surface area contributed by atoms with Gasteiger partial charge in [0, 0.05) is 29.8 Å². The summed E-state index contributed by atoms with van der Waals surface area (Å²) in [6, 6.07) is 1.31. The van der Waals surface area contributed by atoms with Gasteiger partial charge in [-0.1, -0.05) is 11.6 Å². The minimum atomic E-state index is -0.986. The summed E-state index contributed by atoms with van der Waals surface area (Å²) in [4.78, 5) is 0. The first-order valence-electron chi connectivity index (χ1n) is 3.96. The lowest BCUT2D eigenvalue weighted by Crippen LogP contribution is -2.06. The van der Waals surface area contributed by atoms with E-state index < -0.39 is 11.6 Å². The van der Waals surface area contributed by atoms with Crippen molar-refractivity contribution < 1.29 is 13.5 Å². The number of nitrogens with two attached hydrogens (primary N) is 1. The third kappa shape index (κ3) is 2.03. The van der Waals surface area contributed by atoms with E-state index in [-0.39, 0.29) is 29.3 Å². The van der Waals surface area contributed by atoms with Crippen molar-refractivity contribution in [2.24, 2.45) is 5.73 Å². The topological polar surface area (TPSA) is 35.2 Å². The van der Waals surface area contributed by atoms with Crippen LogP contribution in [0.2, 0.25) is 5.02 Å². The molecular weight excluding hydrogens is 212 g/mol. The van der Waals surface area contributed by atoms with Gasteiger partial charge >= 0.3 is 0 Å². The summed E-state index contributed by atoms with van der Waals surface area (Å²) in [6.45, 7) is -0.151. The Bertz CT molecular complexity index is 344. The van der Waals surface area contributed by atoms with Crippen molar-refractivity contribution in [3.05, 3.63) is 33.9 Å². The first kappa shape index (κ1) is 11.4. The highest BCUT2D eigenvalue weighted by molar-refractivity contribution is 6.31. The van der Waals surface area contributed by atoms with Crippen LogP contribution in [0.3, 0.4) is 0 Å². The molecule has 0 saturated heterocycles. The Kier molecular flexibility index (Phi) is 3.80. The second-order valence-electron chi connectivity index (χ2n) is 2.76. The van der Waals surface area contributed by atoms with E-state index in [1.54, 1.807) is 0 Å². The Morgan fingerprint density at radius 1 is 1.43 bits per heavy atom. The molecule has 0 unspecified atom stereocenters. The lowest BCUT2D eigenvalue weighted by molar-refractivity contribution is 0.180. The molecule has 0 radical (unpaired) electrons. The zero-order valence-corrected chi connectivity index (χ0v) is 8.37. The summed E-state index contributed by atoms with van der Waals surface area (Å²) < 4.78 is 31.2. The van der Waals surface area contributed by atoms with Gasteiger partial charge in [-0.2, -0.15) is 0 Å². The lowest BCUT2D eigenvalue weighted by atomic mass is 10.1. The van der Waals surface area contributed by atoms with Crippen LogP contribution >= 0.6 is 11.6 Å². The van der Waals surface area contributed by atoms with Crippen LogP contribution in [0.15, 0.2) is 6.07 Å². The predicted octanol–water partition coefficient (Wildman–Crippen LogP) is 2.22. The van der Waals surface area contributed by atoms with Crippen molar-refractivity contribution in [1.82, 2.24) is 0 Å². The van der Waals surface area contributed by atoms with Crippen LogP contribution in [0.5, 0.6) is 0 Å². The largest absolute Gasteiger partial charge is 0.380 e. The third-order valence-corrected chi connectivity index (χ3v) is 2.17. The molecule has 5 heteroatoms. The fraction of sp³-hybridized carbons (Fsp3) is 0.333. The van der Waals surface area contributed by atoms with E-state index >= 15 is 0 Å². The zero-order valence-electron chi connectivity index (χ0n) is 7.61. The van der Waals surface area contributed by atoms with Crippen LogP contribution in [0.4, 0.5) is 8.78 Å². The summed E-state index contributed by atoms with van der Waals surface area (Å²) in [5.41, 5.74) is 5.30. The number of halogens is 3. The first-order chi connectivity index (χ1) is 6.61. The lowest BCUT2D eigenvalue weighted by Gasteiger charge is -2.08. The average Bonchev–Trinajstić information content (AvgIpc) is 2.18. The second-order valence-corrected chi connectivity index (χ2v) is 3.17. The highest BCUT2D eigenvalue weighted by Crippen LogP contribution is 2.25. The molecule has 78 valence electrons. The van der Waals surface area contributed by atoms with E-state index in [2.05, 4.69) is 0 Å². The molecule has 0 aliphatic heterocycles. The second kappa shape index (κ2) is 4.68. The molecule has 2 nitrogen and oxygen atoms in total. The summed E-state index contributed by atoms with van der Waals surface area (Å²) >= 11 is 5.72. The van der Waals surface area contributed by atoms with Crippen molar-refractivity contribution in [3.8, 4) is 0 Å². The zero-order chi connectivity index (χ0) is 10.7. The number of methoxy groups -OCH3 is 1. The van der Waals surface area contributed by atoms with E-state index in [9.17, 15) is 8.78 Å². The molecule has 1 aromatic rings. The normalized spacial score (nSPS) is 10.6. The van der Waals surface area contributed by atoms with Gasteiger partial charge in [-0.05, 0) is 6.07 Å². The molecule has 0 aliphatic carbocycles. The van der Waals surface area contributed by atoms with Crippen LogP contribution in [0.25, 0.3) is 0 Å². The third-order valence-electron chi connectivity index (χ3n) is 1.84. The molecule has 0 spiro atoms. The maximum absolute atomic E-state index is 13.3. The van der Waals surface area contributed by atoms with Gasteiger partial charge in [-0.3, -0.25) is 0 Å². The molecule has 0 amide bonds. The Morgan fingerprint density at radius 2 is 2.07 bits per heavy atom. The standard InChI is InChI=1S/C9H10ClF2NO/c1-14-4-6-7(10)2-5(3-13)8(11)9(6)12/h2H,3-4,13H2,1H3. The van der Waals surface area contributed by atoms with Gasteiger partial charge in [0.15, 0.2) is 11.6 Å². The van der Waals surface area contributed by atoms with Crippen LogP contribution in [-0.4, -0.2) is 7.11 Å². The van der Waals surface area contributed by atoms with Crippen molar-refractivity contribution in [1.29, 1.82) is 0 Å². The van der Waals surface area contributed by atoms with Gasteiger partial charge in [0.05, 0.1) is 6.61 Å². The first-order valence-corrected chi connectivity index (χ1v) is 4.33. The van der Waals surface area contributed by atoms with E-state index in [4.69, 9.17) is 22.1 Å². The molecule has 0 aromatic heterocycles. The number of benzene rings is 1. The van der Waals surface area contributed by atoms with Crippen molar-refractivity contribution >= 4 is 11.6 Å². The van der Waals surface area contributed by atoms with Crippen molar-refractivity contribution in [3.63, 3.8) is 0 Å². The highest BCUT2D eigenvalue weighted by atomic mass is 35.5. The Balaban J connectivity index is 3.26. The van der Waals surface area contributed by atoms with Gasteiger partial charge < -0.3 is 10.5 Å². The summed E-state index contributed by atoms with van der Waals surface area (Å²) in [6.07, 6.45) is 0. The van der Waals surface area contributed by atoms with E-state index in [0.29, 0.717) is 0 Å². The predicted molar refractivity (Wildman–Crippen MR) is 50.0 cm³/mol. The molecule has 0 fully saturated rings. The fourth-order valence-corrected chi connectivity index (χ4v) is 1.38. The fourth-order valence-electron chi connectivity index (χ4n) is 1.11. The molecule has 0 bridgehead atoms. The van der Waals surface area contributed by atoms with Gasteiger partial charge in [-0.15, -0.1) is 0 Å². The number of hydrogen-bond acceptors (Lipinski definition) is 2. The summed E-state index contributed by atoms with van der Waals surface area (Å²) in [5.74, 6) is -1.94. The average molecular weight is 222 g/mol. The van der Waals surface area contributed by atoms with Crippen molar-refractivity contribution in [2.45, 2.75) is 13.2 Å². The smallest absolute Gasteiger partial charge is 0.166 e. The van der Waals surface area contributed by atoms with E-state index in [1.807, 2.05) is 0 Å². The minimum Gasteiger partial charge on any atom is -0.380 e. The van der Waals surface area contributed by atoms with Crippen LogP contribution < -0.4 is 5.73 Å². The Morgan fingerprint density at radius 3 is 2.57 bits per heavy atom. The van der Waals surface area contributed by atoms with Gasteiger partial charge in [0.2, 0.25) is 0 Å². The van der Waals surface area contributed by atoms with Gasteiger partial charge in [-0.25, -0.2) is 8.78 Å². The molecule has 2 N–H and O–H groups in total. The van der Waals surface area contributed by atoms with E-state index in [1.165, 1.54) is 13.2 Å². The van der Waals surface area contributed by atoms with Gasteiger partial charge in [0.25, 0.3) is 0 Å². The van der Waals surface area contributed by atoms with Crippen LogP contribution in [-0.2, 0) is 17.9 Å². The number of ether oxygens (including phenoxy) is 1. The molecular formula is C9H10ClF2NO. The highest BCUT2D eigenvalue weighted by Gasteiger charge is 2.16. The molecule has 14 heavy (non-hydrogen) atoms. The summed E-state index contributed by atoms with van der Waals surface area (Å²) in [5, 5.41) is 0.131. The molecule has 0 saturated carbocycles. The van der Waals surface area contributed by atoms with Crippen LogP contribution in [0.1, 0.15) is 11.1 Å². The molecule has 0 heterocycles. The molecule has 1 aromatic carbocycles. The van der Waals surface area contributed by atoms with Gasteiger partial charge in [0.1, 0.15) is 0 Å². The van der Waals surface area contributed by atoms with E-state index in [0.717, 1.165) is 0 Å². The maximum Gasteiger partial charge on any atom is 0.166 e. The minimum absolute atomic E-state index is 0.0175. The number of hydrogen-bond donors (Lipinski definition) is 1. The molecule has 0 atom stereocenters. The number of rotatable bonds is 3. The Labute approximate surface area is 85.6 Å². The molecule has 1 rings (SSSR count). The maximum atomic E-state index is 13.3. The quantitative estimate of drug-likeness (QED) is 0.795.